The minimum atomic E-state index is -2.41. The number of hydrogen-bond donors (Lipinski definition) is 3. The number of carboxylic acid groups (broad SMARTS) is 1. The van der Waals surface area contributed by atoms with E-state index in [1.165, 1.54) is 10.5 Å². The number of carbonyl (C=O) groups is 2. The van der Waals surface area contributed by atoms with Crippen molar-refractivity contribution in [2.45, 2.75) is 71.3 Å². The van der Waals surface area contributed by atoms with Gasteiger partial charge in [0.25, 0.3) is 0 Å². The van der Waals surface area contributed by atoms with E-state index in [1.54, 1.807) is 0 Å². The number of urea groups is 1. The van der Waals surface area contributed by atoms with Crippen LogP contribution in [-0.2, 0) is 17.6 Å². The normalized spacial score (nSPS) is 13.9. The molecule has 0 saturated carbocycles. The molecule has 0 spiro atoms. The number of aryl methyl sites for hydroxylation is 2. The Bertz CT molecular complexity index is 777. The van der Waals surface area contributed by atoms with Crippen LogP contribution in [0.15, 0.2) is 12.1 Å². The smallest absolute Gasteiger partial charge is 0.326 e. The Kier molecular flexibility index (Phi) is 12.0. The zero-order chi connectivity index (χ0) is 24.9. The van der Waals surface area contributed by atoms with E-state index >= 15 is 0 Å². The van der Waals surface area contributed by atoms with Crippen LogP contribution in [0.4, 0.5) is 19.4 Å². The number of aromatic nitrogens is 1. The van der Waals surface area contributed by atoms with Crippen LogP contribution in [0.5, 0.6) is 0 Å². The van der Waals surface area contributed by atoms with Gasteiger partial charge in [-0.1, -0.05) is 6.07 Å². The van der Waals surface area contributed by atoms with E-state index in [0.29, 0.717) is 26.2 Å². The van der Waals surface area contributed by atoms with Crippen molar-refractivity contribution in [3.8, 4) is 0 Å². The Labute approximate surface area is 201 Å². The van der Waals surface area contributed by atoms with Gasteiger partial charge in [0.2, 0.25) is 6.43 Å². The fraction of sp³-hybridized carbons (Fsp3) is 0.708. The highest BCUT2D eigenvalue weighted by Gasteiger charge is 2.23. The van der Waals surface area contributed by atoms with Crippen LogP contribution in [0.25, 0.3) is 0 Å². The van der Waals surface area contributed by atoms with Crippen LogP contribution in [-0.4, -0.2) is 83.6 Å². The number of halogens is 2. The first-order chi connectivity index (χ1) is 16.3. The molecule has 8 nitrogen and oxygen atoms in total. The van der Waals surface area contributed by atoms with E-state index in [1.807, 2.05) is 18.7 Å². The van der Waals surface area contributed by atoms with Crippen molar-refractivity contribution in [1.82, 2.24) is 20.1 Å². The Morgan fingerprint density at radius 2 is 1.88 bits per heavy atom. The number of rotatable bonds is 15. The van der Waals surface area contributed by atoms with E-state index in [-0.39, 0.29) is 19.4 Å². The van der Waals surface area contributed by atoms with Gasteiger partial charge >= 0.3 is 12.0 Å². The van der Waals surface area contributed by atoms with E-state index in [2.05, 4.69) is 22.8 Å². The summed E-state index contributed by atoms with van der Waals surface area (Å²) in [6.07, 6.45) is 2.09. The minimum absolute atomic E-state index is 0.156. The average molecular weight is 484 g/mol. The molecule has 0 saturated heterocycles. The Morgan fingerprint density at radius 1 is 1.15 bits per heavy atom. The Morgan fingerprint density at radius 3 is 2.56 bits per heavy atom. The summed E-state index contributed by atoms with van der Waals surface area (Å²) in [5.41, 5.74) is 2.26. The van der Waals surface area contributed by atoms with Gasteiger partial charge in [0.05, 0.1) is 0 Å². The number of carbonyl (C=O) groups excluding carboxylic acids is 1. The summed E-state index contributed by atoms with van der Waals surface area (Å²) in [4.78, 5) is 32.0. The highest BCUT2D eigenvalue weighted by Crippen LogP contribution is 2.20. The molecule has 1 aromatic rings. The fourth-order valence-corrected chi connectivity index (χ4v) is 4.09. The summed E-state index contributed by atoms with van der Waals surface area (Å²) in [5, 5.41) is 15.4. The highest BCUT2D eigenvalue weighted by molar-refractivity contribution is 5.82. The number of amides is 2. The number of anilines is 1. The molecule has 1 unspecified atom stereocenters. The molecule has 2 amide bonds. The zero-order valence-corrected chi connectivity index (χ0v) is 20.4. The number of hydrogen-bond acceptors (Lipinski definition) is 5. The number of nitrogens with zero attached hydrogens (tertiary/aromatic N) is 3. The van der Waals surface area contributed by atoms with Crippen molar-refractivity contribution in [1.29, 1.82) is 0 Å². The summed E-state index contributed by atoms with van der Waals surface area (Å²) in [6, 6.07) is 2.69. The number of unbranched alkanes of at least 4 members (excludes halogenated alkanes) is 1. The lowest BCUT2D eigenvalue weighted by atomic mass is 10.1. The molecule has 0 aliphatic carbocycles. The van der Waals surface area contributed by atoms with Crippen molar-refractivity contribution in [3.63, 3.8) is 0 Å². The molecule has 3 N–H and O–H groups in total. The van der Waals surface area contributed by atoms with Gasteiger partial charge in [0.15, 0.2) is 0 Å². The van der Waals surface area contributed by atoms with Gasteiger partial charge in [-0.05, 0) is 70.5 Å². The zero-order valence-electron chi connectivity index (χ0n) is 20.4. The van der Waals surface area contributed by atoms with Crippen LogP contribution in [0.1, 0.15) is 57.2 Å². The largest absolute Gasteiger partial charge is 0.480 e. The molecular weight excluding hydrogens is 444 g/mol. The maximum absolute atomic E-state index is 12.8. The van der Waals surface area contributed by atoms with Crippen LogP contribution < -0.4 is 10.6 Å². The van der Waals surface area contributed by atoms with Crippen molar-refractivity contribution in [2.24, 2.45) is 0 Å². The number of carboxylic acids is 1. The number of aliphatic carboxylic acids is 1. The van der Waals surface area contributed by atoms with Crippen molar-refractivity contribution in [3.05, 3.63) is 23.4 Å². The first-order valence-electron chi connectivity index (χ1n) is 12.3. The summed E-state index contributed by atoms with van der Waals surface area (Å²) in [5.74, 6) is -0.157. The highest BCUT2D eigenvalue weighted by atomic mass is 19.3. The molecule has 1 aliphatic heterocycles. The molecule has 10 heteroatoms. The number of alkyl halides is 2. The quantitative estimate of drug-likeness (QED) is 0.330. The predicted molar refractivity (Wildman–Crippen MR) is 129 cm³/mol. The third-order valence-electron chi connectivity index (χ3n) is 6.15. The van der Waals surface area contributed by atoms with Crippen molar-refractivity contribution < 1.29 is 23.5 Å². The van der Waals surface area contributed by atoms with Gasteiger partial charge < -0.3 is 25.5 Å². The molecule has 2 rings (SSSR count). The maximum atomic E-state index is 12.8. The Balaban J connectivity index is 1.84. The van der Waals surface area contributed by atoms with Gasteiger partial charge in [-0.3, -0.25) is 0 Å². The average Bonchev–Trinajstić information content (AvgIpc) is 2.82. The summed E-state index contributed by atoms with van der Waals surface area (Å²) in [7, 11) is 0. The topological polar surface area (TPSA) is 97.8 Å². The molecule has 192 valence electrons. The lowest BCUT2D eigenvalue weighted by Gasteiger charge is -2.26. The van der Waals surface area contributed by atoms with Gasteiger partial charge in [-0.2, -0.15) is 0 Å². The van der Waals surface area contributed by atoms with Crippen LogP contribution in [0.2, 0.25) is 0 Å². The van der Waals surface area contributed by atoms with Crippen LogP contribution in [0.3, 0.4) is 0 Å². The molecule has 34 heavy (non-hydrogen) atoms. The van der Waals surface area contributed by atoms with E-state index in [4.69, 9.17) is 4.98 Å². The second-order valence-electron chi connectivity index (χ2n) is 8.62. The first kappa shape index (κ1) is 27.8. The van der Waals surface area contributed by atoms with E-state index < -0.39 is 24.5 Å². The van der Waals surface area contributed by atoms with Crippen LogP contribution in [0, 0.1) is 0 Å². The van der Waals surface area contributed by atoms with Crippen LogP contribution >= 0.6 is 0 Å². The third kappa shape index (κ3) is 9.40. The summed E-state index contributed by atoms with van der Waals surface area (Å²) in [6.45, 7) is 6.64. The number of pyridine rings is 1. The fourth-order valence-electron chi connectivity index (χ4n) is 4.09. The maximum Gasteiger partial charge on any atom is 0.326 e. The van der Waals surface area contributed by atoms with Gasteiger partial charge in [0.1, 0.15) is 11.9 Å². The SMILES string of the molecule is CCN(CC)C(=O)NC(CCN(CCCCc1ccc2c(n1)NCCC2)CCC(F)F)C(=O)O. The lowest BCUT2D eigenvalue weighted by molar-refractivity contribution is -0.139. The molecule has 2 heterocycles. The van der Waals surface area contributed by atoms with Gasteiger partial charge in [0, 0.05) is 44.8 Å². The Hall–Kier alpha value is -2.49. The molecule has 0 radical (unpaired) electrons. The molecule has 1 aromatic heterocycles. The molecule has 1 atom stereocenters. The van der Waals surface area contributed by atoms with Crippen molar-refractivity contribution >= 4 is 17.8 Å². The lowest BCUT2D eigenvalue weighted by Crippen LogP contribution is -2.49. The monoisotopic (exact) mass is 483 g/mol. The summed E-state index contributed by atoms with van der Waals surface area (Å²) < 4.78 is 25.6. The molecule has 0 fully saturated rings. The van der Waals surface area contributed by atoms with Gasteiger partial charge in [-0.25, -0.2) is 23.4 Å². The van der Waals surface area contributed by atoms with E-state index in [0.717, 1.165) is 50.2 Å². The molecule has 0 aromatic carbocycles. The first-order valence-corrected chi connectivity index (χ1v) is 12.3. The molecular formula is C24H39F2N5O3. The standard InChI is InChI=1S/C24H39F2N5O3/c1-3-31(4-2)24(34)29-20(23(32)33)12-16-30(17-13-21(25)26)15-6-5-9-19-11-10-18-8-7-14-27-22(18)28-19/h10-11,20-21H,3-9,12-17H2,1-2H3,(H,27,28)(H,29,34)(H,32,33). The minimum Gasteiger partial charge on any atom is -0.480 e. The van der Waals surface area contributed by atoms with Gasteiger partial charge in [-0.15, -0.1) is 0 Å². The third-order valence-corrected chi connectivity index (χ3v) is 6.15. The second kappa shape index (κ2) is 14.7. The predicted octanol–water partition coefficient (Wildman–Crippen LogP) is 3.61. The number of nitrogens with one attached hydrogen (secondary N) is 2. The molecule has 0 bridgehead atoms. The number of fused-ring (bicyclic) bond motifs is 1. The second-order valence-corrected chi connectivity index (χ2v) is 8.62. The molecule has 1 aliphatic rings. The van der Waals surface area contributed by atoms with E-state index in [9.17, 15) is 23.5 Å². The van der Waals surface area contributed by atoms with Crippen molar-refractivity contribution in [2.75, 3.05) is 44.6 Å². The summed E-state index contributed by atoms with van der Waals surface area (Å²) >= 11 is 0.